The van der Waals surface area contributed by atoms with Crippen molar-refractivity contribution in [1.29, 1.82) is 0 Å². The van der Waals surface area contributed by atoms with Crippen LogP contribution in [0.1, 0.15) is 34.3 Å². The Hall–Kier alpha value is -2.33. The molecule has 0 spiro atoms. The number of amides is 1. The van der Waals surface area contributed by atoms with E-state index >= 15 is 0 Å². The molecule has 4 rings (SSSR count). The van der Waals surface area contributed by atoms with Gasteiger partial charge >= 0.3 is 5.97 Å². The van der Waals surface area contributed by atoms with E-state index in [4.69, 9.17) is 16.3 Å². The van der Waals surface area contributed by atoms with Crippen molar-refractivity contribution in [2.45, 2.75) is 24.7 Å². The molecule has 1 saturated carbocycles. The number of hydrogen-bond acceptors (Lipinski definition) is 3. The first-order valence-corrected chi connectivity index (χ1v) is 8.72. The molecule has 128 valence electrons. The number of rotatable bonds is 3. The van der Waals surface area contributed by atoms with E-state index in [1.54, 1.807) is 6.07 Å². The quantitative estimate of drug-likeness (QED) is 0.788. The fourth-order valence-electron chi connectivity index (χ4n) is 3.64. The van der Waals surface area contributed by atoms with E-state index < -0.39 is 5.41 Å². The van der Waals surface area contributed by atoms with E-state index in [0.717, 1.165) is 36.1 Å². The third-order valence-electron chi connectivity index (χ3n) is 5.20. The topological polar surface area (TPSA) is 46.6 Å². The maximum absolute atomic E-state index is 13.3. The molecule has 1 fully saturated rings. The average molecular weight is 356 g/mol. The van der Waals surface area contributed by atoms with Crippen LogP contribution in [0, 0.1) is 0 Å². The molecule has 0 N–H and O–H groups in total. The van der Waals surface area contributed by atoms with Crippen LogP contribution in [-0.2, 0) is 21.4 Å². The van der Waals surface area contributed by atoms with Crippen LogP contribution in [0.2, 0.25) is 5.02 Å². The summed E-state index contributed by atoms with van der Waals surface area (Å²) in [5.41, 5.74) is 3.05. The number of anilines is 1. The summed E-state index contributed by atoms with van der Waals surface area (Å²) in [6.45, 7) is 0.647. The minimum atomic E-state index is -0.423. The van der Waals surface area contributed by atoms with Gasteiger partial charge in [0, 0.05) is 17.3 Å². The molecule has 2 aliphatic rings. The molecule has 0 unspecified atom stereocenters. The van der Waals surface area contributed by atoms with Gasteiger partial charge in [0.05, 0.1) is 18.1 Å². The molecular formula is C20H18ClNO3. The van der Waals surface area contributed by atoms with Crippen LogP contribution >= 0.6 is 11.6 Å². The molecule has 2 aromatic rings. The van der Waals surface area contributed by atoms with Crippen molar-refractivity contribution in [1.82, 2.24) is 0 Å². The Morgan fingerprint density at radius 3 is 2.48 bits per heavy atom. The zero-order chi connectivity index (χ0) is 17.6. The number of esters is 1. The van der Waals surface area contributed by atoms with Crippen molar-refractivity contribution in [3.05, 3.63) is 64.2 Å². The van der Waals surface area contributed by atoms with Gasteiger partial charge in [-0.1, -0.05) is 23.7 Å². The van der Waals surface area contributed by atoms with Gasteiger partial charge in [0.15, 0.2) is 0 Å². The zero-order valence-corrected chi connectivity index (χ0v) is 14.7. The van der Waals surface area contributed by atoms with Gasteiger partial charge in [0.25, 0.3) is 0 Å². The molecule has 25 heavy (non-hydrogen) atoms. The Labute approximate surface area is 151 Å². The molecule has 1 aliphatic heterocycles. The summed E-state index contributed by atoms with van der Waals surface area (Å²) < 4.78 is 4.77. The minimum Gasteiger partial charge on any atom is -0.465 e. The lowest BCUT2D eigenvalue weighted by Crippen LogP contribution is -2.38. The molecule has 2 aromatic carbocycles. The number of nitrogens with zero attached hydrogens (tertiary/aromatic N) is 1. The third kappa shape index (κ3) is 2.61. The van der Waals surface area contributed by atoms with Crippen LogP contribution in [-0.4, -0.2) is 25.5 Å². The summed E-state index contributed by atoms with van der Waals surface area (Å²) in [6, 6.07) is 13.0. The molecule has 5 heteroatoms. The highest BCUT2D eigenvalue weighted by Crippen LogP contribution is 2.51. The highest BCUT2D eigenvalue weighted by Gasteiger charge is 2.53. The molecule has 1 heterocycles. The van der Waals surface area contributed by atoms with Crippen LogP contribution in [0.25, 0.3) is 0 Å². The standard InChI is InChI=1S/C20H18ClNO3/c1-25-18(23)14-2-7-17-13(12-14)8-11-22(17)19(24)20(9-10-20)15-3-5-16(21)6-4-15/h2-7,12H,8-11H2,1H3. The first-order chi connectivity index (χ1) is 12.0. The summed E-state index contributed by atoms with van der Waals surface area (Å²) in [7, 11) is 1.37. The van der Waals surface area contributed by atoms with Crippen LogP contribution in [0.15, 0.2) is 42.5 Å². The van der Waals surface area contributed by atoms with Crippen molar-refractivity contribution in [2.24, 2.45) is 0 Å². The van der Waals surface area contributed by atoms with Gasteiger partial charge in [-0.25, -0.2) is 4.79 Å². The second-order valence-electron chi connectivity index (χ2n) is 6.63. The summed E-state index contributed by atoms with van der Waals surface area (Å²) >= 11 is 5.97. The number of carbonyl (C=O) groups is 2. The number of halogens is 1. The molecule has 0 atom stereocenters. The van der Waals surface area contributed by atoms with Gasteiger partial charge in [-0.3, -0.25) is 4.79 Å². The number of hydrogen-bond donors (Lipinski definition) is 0. The van der Waals surface area contributed by atoms with Gasteiger partial charge in [-0.2, -0.15) is 0 Å². The summed E-state index contributed by atoms with van der Waals surface area (Å²) in [5.74, 6) is -0.216. The lowest BCUT2D eigenvalue weighted by atomic mass is 9.94. The van der Waals surface area contributed by atoms with Crippen molar-refractivity contribution in [2.75, 3.05) is 18.6 Å². The van der Waals surface area contributed by atoms with E-state index in [1.165, 1.54) is 7.11 Å². The molecule has 0 radical (unpaired) electrons. The molecule has 0 aromatic heterocycles. The Bertz CT molecular complexity index is 856. The van der Waals surface area contributed by atoms with E-state index in [0.29, 0.717) is 17.1 Å². The fourth-order valence-corrected chi connectivity index (χ4v) is 3.76. The Morgan fingerprint density at radius 1 is 1.12 bits per heavy atom. The Balaban J connectivity index is 1.63. The van der Waals surface area contributed by atoms with Gasteiger partial charge in [-0.05, 0) is 60.7 Å². The van der Waals surface area contributed by atoms with Gasteiger partial charge < -0.3 is 9.64 Å². The monoisotopic (exact) mass is 355 g/mol. The molecule has 1 amide bonds. The number of fused-ring (bicyclic) bond motifs is 1. The second kappa shape index (κ2) is 5.88. The van der Waals surface area contributed by atoms with Crippen molar-refractivity contribution in [3.63, 3.8) is 0 Å². The Kier molecular flexibility index (Phi) is 3.80. The summed E-state index contributed by atoms with van der Waals surface area (Å²) in [6.07, 6.45) is 2.47. The Morgan fingerprint density at radius 2 is 1.84 bits per heavy atom. The van der Waals surface area contributed by atoms with E-state index in [-0.39, 0.29) is 11.9 Å². The van der Waals surface area contributed by atoms with Gasteiger partial charge in [-0.15, -0.1) is 0 Å². The normalized spacial score (nSPS) is 17.1. The van der Waals surface area contributed by atoms with Gasteiger partial charge in [0.1, 0.15) is 0 Å². The highest BCUT2D eigenvalue weighted by atomic mass is 35.5. The van der Waals surface area contributed by atoms with Crippen molar-refractivity contribution < 1.29 is 14.3 Å². The summed E-state index contributed by atoms with van der Waals surface area (Å²) in [4.78, 5) is 26.8. The molecule has 1 aliphatic carbocycles. The second-order valence-corrected chi connectivity index (χ2v) is 7.07. The van der Waals surface area contributed by atoms with Crippen molar-refractivity contribution in [3.8, 4) is 0 Å². The minimum absolute atomic E-state index is 0.138. The van der Waals surface area contributed by atoms with Crippen LogP contribution in [0.5, 0.6) is 0 Å². The predicted octanol–water partition coefficient (Wildman–Crippen LogP) is 3.75. The average Bonchev–Trinajstić information content (AvgIpc) is 3.34. The van der Waals surface area contributed by atoms with Gasteiger partial charge in [0.2, 0.25) is 5.91 Å². The summed E-state index contributed by atoms with van der Waals surface area (Å²) in [5, 5.41) is 0.675. The zero-order valence-electron chi connectivity index (χ0n) is 13.9. The predicted molar refractivity (Wildman–Crippen MR) is 96.2 cm³/mol. The van der Waals surface area contributed by atoms with E-state index in [2.05, 4.69) is 0 Å². The highest BCUT2D eigenvalue weighted by molar-refractivity contribution is 6.30. The SMILES string of the molecule is COC(=O)c1ccc2c(c1)CCN2C(=O)C1(c2ccc(Cl)cc2)CC1. The maximum atomic E-state index is 13.3. The smallest absolute Gasteiger partial charge is 0.337 e. The first kappa shape index (κ1) is 16.2. The largest absolute Gasteiger partial charge is 0.465 e. The van der Waals surface area contributed by atoms with Crippen LogP contribution in [0.3, 0.4) is 0 Å². The van der Waals surface area contributed by atoms with Crippen molar-refractivity contribution >= 4 is 29.2 Å². The lowest BCUT2D eigenvalue weighted by Gasteiger charge is -2.24. The third-order valence-corrected chi connectivity index (χ3v) is 5.45. The van der Waals surface area contributed by atoms with E-state index in [9.17, 15) is 9.59 Å². The molecule has 0 bridgehead atoms. The fraction of sp³-hybridized carbons (Fsp3) is 0.300. The number of methoxy groups -OCH3 is 1. The number of ether oxygens (including phenoxy) is 1. The molecule has 0 saturated heterocycles. The maximum Gasteiger partial charge on any atom is 0.337 e. The molecular weight excluding hydrogens is 338 g/mol. The number of carbonyl (C=O) groups excluding carboxylic acids is 2. The first-order valence-electron chi connectivity index (χ1n) is 8.34. The van der Waals surface area contributed by atoms with Crippen LogP contribution in [0.4, 0.5) is 5.69 Å². The van der Waals surface area contributed by atoms with Crippen LogP contribution < -0.4 is 4.90 Å². The van der Waals surface area contributed by atoms with E-state index in [1.807, 2.05) is 41.3 Å². The molecule has 4 nitrogen and oxygen atoms in total. The number of benzene rings is 2. The lowest BCUT2D eigenvalue weighted by molar-refractivity contribution is -0.120.